The maximum absolute atomic E-state index is 15.1. The number of piperidine rings is 2. The maximum Gasteiger partial charge on any atom is 0.280 e. The molecule has 2 bridgehead atoms. The molecule has 0 aliphatic carbocycles. The Labute approximate surface area is 324 Å². The summed E-state index contributed by atoms with van der Waals surface area (Å²) >= 11 is 0. The number of fused-ring (bicyclic) bond motifs is 7. The number of carbonyl (C=O) groups is 3. The van der Waals surface area contributed by atoms with Crippen LogP contribution in [0.4, 0.5) is 20.2 Å². The number of rotatable bonds is 5. The number of aliphatic imine (C=N–C) groups is 1. The van der Waals surface area contributed by atoms with Crippen molar-refractivity contribution in [3.05, 3.63) is 88.2 Å². The van der Waals surface area contributed by atoms with E-state index in [-0.39, 0.29) is 30.2 Å². The summed E-state index contributed by atoms with van der Waals surface area (Å²) in [5.74, 6) is -2.22. The number of pyridine rings is 1. The second kappa shape index (κ2) is 15.6. The van der Waals surface area contributed by atoms with E-state index < -0.39 is 29.4 Å². The number of anilines is 2. The number of imide groups is 1. The van der Waals surface area contributed by atoms with Crippen LogP contribution in [-0.2, 0) is 23.1 Å². The van der Waals surface area contributed by atoms with Crippen LogP contribution < -0.4 is 20.3 Å². The van der Waals surface area contributed by atoms with E-state index in [1.54, 1.807) is 23.0 Å². The quantitative estimate of drug-likeness (QED) is 0.227. The normalized spacial score (nSPS) is 21.8. The van der Waals surface area contributed by atoms with Crippen molar-refractivity contribution in [2.75, 3.05) is 43.0 Å². The molecule has 8 rings (SSSR count). The number of guanidine groups is 1. The minimum Gasteiger partial charge on any atom is -0.477 e. The van der Waals surface area contributed by atoms with E-state index >= 15 is 8.78 Å². The zero-order valence-electron chi connectivity index (χ0n) is 31.9. The molecule has 14 heteroatoms. The zero-order valence-corrected chi connectivity index (χ0v) is 31.9. The Morgan fingerprint density at radius 2 is 1.75 bits per heavy atom. The molecule has 4 aliphatic heterocycles. The second-order valence-electron chi connectivity index (χ2n) is 15.6. The third-order valence-electron chi connectivity index (χ3n) is 11.5. The summed E-state index contributed by atoms with van der Waals surface area (Å²) < 4.78 is 38.1. The summed E-state index contributed by atoms with van der Waals surface area (Å²) in [6.45, 7) is 7.60. The molecule has 3 amide bonds. The van der Waals surface area contributed by atoms with E-state index in [0.717, 1.165) is 55.7 Å². The fourth-order valence-electron chi connectivity index (χ4n) is 8.43. The minimum atomic E-state index is -1.01. The van der Waals surface area contributed by atoms with Crippen LogP contribution in [0.3, 0.4) is 0 Å². The summed E-state index contributed by atoms with van der Waals surface area (Å²) in [4.78, 5) is 51.4. The highest BCUT2D eigenvalue weighted by molar-refractivity contribution is 6.19. The fraction of sp³-hybridized carbons (Fsp3) is 0.429. The smallest absolute Gasteiger partial charge is 0.280 e. The van der Waals surface area contributed by atoms with Gasteiger partial charge >= 0.3 is 0 Å². The van der Waals surface area contributed by atoms with Gasteiger partial charge in [0.25, 0.3) is 5.91 Å². The van der Waals surface area contributed by atoms with Crippen molar-refractivity contribution in [1.82, 2.24) is 25.0 Å². The van der Waals surface area contributed by atoms with E-state index in [9.17, 15) is 14.4 Å². The monoisotopic (exact) mass is 764 g/mol. The van der Waals surface area contributed by atoms with Gasteiger partial charge < -0.3 is 19.9 Å². The second-order valence-corrected chi connectivity index (χ2v) is 15.6. The Hall–Kier alpha value is -5.50. The van der Waals surface area contributed by atoms with Crippen LogP contribution in [0, 0.1) is 24.5 Å². The van der Waals surface area contributed by atoms with Gasteiger partial charge in [-0.3, -0.25) is 24.7 Å². The van der Waals surface area contributed by atoms with Gasteiger partial charge in [0, 0.05) is 43.4 Å². The lowest BCUT2D eigenvalue weighted by Gasteiger charge is -2.32. The molecular weight excluding hydrogens is 719 g/mol. The molecule has 12 nitrogen and oxygen atoms in total. The van der Waals surface area contributed by atoms with Crippen LogP contribution in [0.15, 0.2) is 53.7 Å². The predicted octanol–water partition coefficient (Wildman–Crippen LogP) is 6.25. The molecule has 0 radical (unpaired) electrons. The Morgan fingerprint density at radius 3 is 2.52 bits per heavy atom. The van der Waals surface area contributed by atoms with Crippen molar-refractivity contribution in [3.8, 4) is 17.1 Å². The first-order valence-electron chi connectivity index (χ1n) is 19.5. The highest BCUT2D eigenvalue weighted by Gasteiger charge is 2.33. The van der Waals surface area contributed by atoms with Gasteiger partial charge in [0.1, 0.15) is 11.6 Å². The Balaban J connectivity index is 0.953. The lowest BCUT2D eigenvalue weighted by atomic mass is 9.88. The van der Waals surface area contributed by atoms with Gasteiger partial charge in [-0.2, -0.15) is 10.1 Å². The zero-order chi connectivity index (χ0) is 39.1. The van der Waals surface area contributed by atoms with Gasteiger partial charge in [-0.05, 0) is 118 Å². The van der Waals surface area contributed by atoms with Crippen LogP contribution in [0.1, 0.15) is 90.0 Å². The number of carbonyl (C=O) groups excluding carboxylic acids is 3. The number of likely N-dealkylation sites (tertiary alicyclic amines) is 1. The van der Waals surface area contributed by atoms with E-state index in [1.165, 1.54) is 17.7 Å². The molecule has 56 heavy (non-hydrogen) atoms. The molecule has 0 saturated carbocycles. The number of nitrogens with zero attached hydrogens (tertiary/aromatic N) is 6. The molecule has 2 atom stereocenters. The van der Waals surface area contributed by atoms with Crippen LogP contribution >= 0.6 is 0 Å². The number of halogens is 2. The van der Waals surface area contributed by atoms with Gasteiger partial charge in [-0.25, -0.2) is 13.5 Å². The van der Waals surface area contributed by atoms with Crippen LogP contribution in [-0.4, -0.2) is 76.1 Å². The maximum atomic E-state index is 15.1. The van der Waals surface area contributed by atoms with E-state index in [1.807, 2.05) is 14.0 Å². The highest BCUT2D eigenvalue weighted by atomic mass is 19.1. The number of hydrogen-bond donors (Lipinski definition) is 2. The predicted molar refractivity (Wildman–Crippen MR) is 208 cm³/mol. The standard InChI is InChI=1S/C42H46F2N8O4/c1-24-5-4-16-56-41-31(22-45-50(41)3)35-20-29(17-25(2)46-35)39(54)49-42-47-34-8-6-28(21-36(34)52(42)23-24)27-11-14-51(15-12-27)13-10-26-18-32(43)38(33(44)19-26)30-7-9-37(53)48-40(30)55/h6,8,17-22,24,27,30H,4-5,7,9-16,23H2,1-3H3,(H,47,49,54)(H,48,53,55)/t24-,30-/m1/s1. The third kappa shape index (κ3) is 7.66. The van der Waals surface area contributed by atoms with Gasteiger partial charge in [-0.1, -0.05) is 13.0 Å². The summed E-state index contributed by atoms with van der Waals surface area (Å²) in [5, 5.41) is 10.0. The van der Waals surface area contributed by atoms with Crippen LogP contribution in [0.5, 0.6) is 5.88 Å². The van der Waals surface area contributed by atoms with Crippen molar-refractivity contribution in [2.24, 2.45) is 18.0 Å². The first-order valence-corrected chi connectivity index (χ1v) is 19.5. The van der Waals surface area contributed by atoms with Gasteiger partial charge in [0.15, 0.2) is 0 Å². The molecule has 0 spiro atoms. The van der Waals surface area contributed by atoms with Crippen LogP contribution in [0.2, 0.25) is 0 Å². The average Bonchev–Trinajstić information content (AvgIpc) is 3.70. The molecular formula is C42H46F2N8O4. The average molecular weight is 765 g/mol. The molecule has 2 N–H and O–H groups in total. The molecule has 292 valence electrons. The van der Waals surface area contributed by atoms with E-state index in [4.69, 9.17) is 9.72 Å². The number of ether oxygens (including phenoxy) is 1. The minimum absolute atomic E-state index is 0.0571. The van der Waals surface area contributed by atoms with E-state index in [0.29, 0.717) is 66.4 Å². The molecule has 4 aromatic rings. The fourth-order valence-corrected chi connectivity index (χ4v) is 8.43. The molecule has 4 aliphatic rings. The lowest BCUT2D eigenvalue weighted by molar-refractivity contribution is -0.134. The SMILES string of the molecule is Cc1cc2cc(n1)-c1cnn(C)c1OCCC[C@@H](C)CN1/C(=N/C2=O)Nc2ccc(C3CCN(CCc4cc(F)c([C@H]5CCC(=O)NC5=O)c(F)c4)CC3)cc21. The summed E-state index contributed by atoms with van der Waals surface area (Å²) in [5.41, 5.74) is 5.87. The van der Waals surface area contributed by atoms with Crippen molar-refractivity contribution < 1.29 is 27.9 Å². The molecule has 2 saturated heterocycles. The topological polar surface area (TPSA) is 134 Å². The van der Waals surface area contributed by atoms with Crippen molar-refractivity contribution in [3.63, 3.8) is 0 Å². The number of nitrogens with one attached hydrogen (secondary N) is 2. The Morgan fingerprint density at radius 1 is 0.964 bits per heavy atom. The van der Waals surface area contributed by atoms with Crippen molar-refractivity contribution in [1.29, 1.82) is 0 Å². The van der Waals surface area contributed by atoms with Crippen molar-refractivity contribution >= 4 is 35.1 Å². The molecule has 2 aromatic heterocycles. The summed E-state index contributed by atoms with van der Waals surface area (Å²) in [6.07, 6.45) is 5.96. The number of amides is 3. The van der Waals surface area contributed by atoms with Gasteiger partial charge in [0.2, 0.25) is 23.7 Å². The Bertz CT molecular complexity index is 2210. The number of aryl methyl sites for hydroxylation is 2. The van der Waals surface area contributed by atoms with Crippen LogP contribution in [0.25, 0.3) is 11.3 Å². The van der Waals surface area contributed by atoms with Crippen molar-refractivity contribution in [2.45, 2.75) is 70.6 Å². The summed E-state index contributed by atoms with van der Waals surface area (Å²) in [6, 6.07) is 12.6. The van der Waals surface area contributed by atoms with Gasteiger partial charge in [-0.15, -0.1) is 0 Å². The lowest BCUT2D eigenvalue weighted by Crippen LogP contribution is -2.40. The molecule has 2 aromatic carbocycles. The molecule has 2 fully saturated rings. The molecule has 0 unspecified atom stereocenters. The largest absolute Gasteiger partial charge is 0.477 e. The van der Waals surface area contributed by atoms with Gasteiger partial charge in [0.05, 0.1) is 41.4 Å². The summed E-state index contributed by atoms with van der Waals surface area (Å²) in [7, 11) is 1.83. The number of benzene rings is 2. The first kappa shape index (κ1) is 37.4. The number of aromatic nitrogens is 3. The third-order valence-corrected chi connectivity index (χ3v) is 11.5. The Kier molecular flexibility index (Phi) is 10.4. The number of hydrogen-bond acceptors (Lipinski definition) is 9. The first-order chi connectivity index (χ1) is 27.0. The van der Waals surface area contributed by atoms with E-state index in [2.05, 4.69) is 55.6 Å². The molecule has 6 heterocycles. The highest BCUT2D eigenvalue weighted by Crippen LogP contribution is 2.39.